The summed E-state index contributed by atoms with van der Waals surface area (Å²) in [4.78, 5) is 55.6. The SMILES string of the molecule is CC1=C(C)C(=O)[C@@]2(C)[C@@H](c3ccc(O)cc3Cl)C3=CCn4c(=O)n(-c5ccccc5)c(=O)n4[C@@H]3C[C@@]2(C)C1=O. The van der Waals surface area contributed by atoms with Gasteiger partial charge in [-0.25, -0.2) is 23.5 Å². The first-order valence-corrected chi connectivity index (χ1v) is 13.3. The van der Waals surface area contributed by atoms with Gasteiger partial charge in [0.1, 0.15) is 5.75 Å². The van der Waals surface area contributed by atoms with E-state index in [1.54, 1.807) is 57.2 Å². The van der Waals surface area contributed by atoms with Crippen molar-refractivity contribution in [1.29, 1.82) is 0 Å². The summed E-state index contributed by atoms with van der Waals surface area (Å²) >= 11 is 6.70. The smallest absolute Gasteiger partial charge is 0.352 e. The zero-order chi connectivity index (χ0) is 28.0. The van der Waals surface area contributed by atoms with Gasteiger partial charge in [0, 0.05) is 16.4 Å². The Kier molecular flexibility index (Phi) is 5.40. The van der Waals surface area contributed by atoms with Crippen molar-refractivity contribution in [3.63, 3.8) is 0 Å². The van der Waals surface area contributed by atoms with Crippen molar-refractivity contribution in [3.8, 4) is 11.4 Å². The molecule has 8 nitrogen and oxygen atoms in total. The maximum absolute atomic E-state index is 14.2. The largest absolute Gasteiger partial charge is 0.508 e. The standard InChI is InChI=1S/C30H28ClN3O5/c1-16-17(2)26(37)30(4)24(20-11-10-19(35)14-22(20)31)21-12-13-32-27(38)33(18-8-6-5-7-9-18)28(39)34(32)23(21)15-29(30,3)25(16)36/h5-12,14,23-24,35H,13,15H2,1-4H3/t23-,24+,29+,30-/m1/s1. The van der Waals surface area contributed by atoms with E-state index in [1.165, 1.54) is 21.5 Å². The number of phenols is 1. The third-order valence-electron chi connectivity index (χ3n) is 9.42. The van der Waals surface area contributed by atoms with Crippen LogP contribution < -0.4 is 11.4 Å². The van der Waals surface area contributed by atoms with Gasteiger partial charge in [-0.15, -0.1) is 0 Å². The number of halogens is 1. The van der Waals surface area contributed by atoms with Crippen molar-refractivity contribution in [3.05, 3.63) is 103 Å². The second-order valence-electron chi connectivity index (χ2n) is 11.2. The number of allylic oxidation sites excluding steroid dienone is 4. The van der Waals surface area contributed by atoms with Crippen molar-refractivity contribution < 1.29 is 14.7 Å². The number of nitrogens with zero attached hydrogens (tertiary/aromatic N) is 3. The number of carbonyl (C=O) groups is 2. The highest BCUT2D eigenvalue weighted by atomic mass is 35.5. The van der Waals surface area contributed by atoms with Gasteiger partial charge in [0.05, 0.1) is 23.7 Å². The minimum atomic E-state index is -1.22. The maximum atomic E-state index is 14.2. The molecule has 0 bridgehead atoms. The Bertz CT molecular complexity index is 1780. The number of aromatic hydroxyl groups is 1. The van der Waals surface area contributed by atoms with E-state index in [4.69, 9.17) is 11.6 Å². The van der Waals surface area contributed by atoms with Gasteiger partial charge in [-0.05, 0) is 66.8 Å². The molecule has 1 aromatic heterocycles. The second-order valence-corrected chi connectivity index (χ2v) is 11.6. The summed E-state index contributed by atoms with van der Waals surface area (Å²) in [7, 11) is 0. The van der Waals surface area contributed by atoms with Crippen LogP contribution in [0.15, 0.2) is 80.9 Å². The number of aromatic nitrogens is 3. The second kappa shape index (κ2) is 8.29. The number of benzene rings is 2. The molecule has 200 valence electrons. The van der Waals surface area contributed by atoms with Gasteiger partial charge in [-0.3, -0.25) is 9.59 Å². The number of fused-ring (bicyclic) bond motifs is 4. The van der Waals surface area contributed by atoms with Crippen LogP contribution in [0.3, 0.4) is 0 Å². The van der Waals surface area contributed by atoms with E-state index in [-0.39, 0.29) is 35.3 Å². The number of hydrogen-bond acceptors (Lipinski definition) is 5. The molecule has 9 heteroatoms. The summed E-state index contributed by atoms with van der Waals surface area (Å²) in [6.07, 6.45) is 2.05. The van der Waals surface area contributed by atoms with Crippen LogP contribution >= 0.6 is 11.6 Å². The number of Topliss-reactive ketones (excluding diaryl/α,β-unsaturated/α-hetero) is 2. The van der Waals surface area contributed by atoms with Crippen molar-refractivity contribution in [2.45, 2.75) is 52.6 Å². The van der Waals surface area contributed by atoms with Crippen LogP contribution in [0.5, 0.6) is 5.75 Å². The lowest BCUT2D eigenvalue weighted by Crippen LogP contribution is -2.61. The van der Waals surface area contributed by atoms with E-state index in [0.29, 0.717) is 22.4 Å². The molecule has 1 aliphatic heterocycles. The van der Waals surface area contributed by atoms with E-state index in [2.05, 4.69) is 0 Å². The Morgan fingerprint density at radius 3 is 2.26 bits per heavy atom. The molecular weight excluding hydrogens is 518 g/mol. The van der Waals surface area contributed by atoms with Crippen LogP contribution in [0, 0.1) is 10.8 Å². The molecule has 3 aromatic rings. The quantitative estimate of drug-likeness (QED) is 0.483. The van der Waals surface area contributed by atoms with E-state index in [0.717, 1.165) is 10.1 Å². The van der Waals surface area contributed by atoms with Gasteiger partial charge in [-0.1, -0.05) is 55.8 Å². The molecule has 4 atom stereocenters. The Morgan fingerprint density at radius 2 is 1.59 bits per heavy atom. The number of rotatable bonds is 2. The third-order valence-corrected chi connectivity index (χ3v) is 9.75. The molecular formula is C30H28ClN3O5. The molecule has 0 saturated heterocycles. The Morgan fingerprint density at radius 1 is 0.923 bits per heavy atom. The topological polar surface area (TPSA) is 103 Å². The molecule has 2 heterocycles. The average molecular weight is 546 g/mol. The van der Waals surface area contributed by atoms with Gasteiger partial charge in [0.25, 0.3) is 0 Å². The van der Waals surface area contributed by atoms with Crippen LogP contribution in [-0.2, 0) is 16.1 Å². The summed E-state index contributed by atoms with van der Waals surface area (Å²) in [5.41, 5.74) is -0.794. The molecule has 1 N–H and O–H groups in total. The number of hydrogen-bond donors (Lipinski definition) is 1. The zero-order valence-electron chi connectivity index (χ0n) is 22.1. The molecule has 6 rings (SSSR count). The molecule has 2 aromatic carbocycles. The highest BCUT2D eigenvalue weighted by Gasteiger charge is 2.67. The number of phenolic OH excluding ortho intramolecular Hbond substituents is 1. The molecule has 1 fully saturated rings. The van der Waals surface area contributed by atoms with Gasteiger partial charge >= 0.3 is 11.4 Å². The third kappa shape index (κ3) is 3.12. The highest BCUT2D eigenvalue weighted by Crippen LogP contribution is 2.66. The number of para-hydroxylation sites is 1. The van der Waals surface area contributed by atoms with Gasteiger partial charge < -0.3 is 5.11 Å². The van der Waals surface area contributed by atoms with Crippen molar-refractivity contribution in [1.82, 2.24) is 13.9 Å². The molecule has 0 radical (unpaired) electrons. The van der Waals surface area contributed by atoms with Crippen molar-refractivity contribution in [2.75, 3.05) is 0 Å². The molecule has 3 aliphatic rings. The Labute approximate surface area is 229 Å². The summed E-state index contributed by atoms with van der Waals surface area (Å²) in [5.74, 6) is -1.00. The van der Waals surface area contributed by atoms with Gasteiger partial charge in [0.15, 0.2) is 11.6 Å². The zero-order valence-corrected chi connectivity index (χ0v) is 22.8. The van der Waals surface area contributed by atoms with E-state index >= 15 is 0 Å². The monoisotopic (exact) mass is 545 g/mol. The summed E-state index contributed by atoms with van der Waals surface area (Å²) < 4.78 is 3.97. The number of carbonyl (C=O) groups excluding carboxylic acids is 2. The summed E-state index contributed by atoms with van der Waals surface area (Å²) in [6, 6.07) is 12.6. The normalized spacial score (nSPS) is 28.1. The van der Waals surface area contributed by atoms with Crippen LogP contribution in [0.25, 0.3) is 5.69 Å². The average Bonchev–Trinajstić information content (AvgIpc) is 3.17. The van der Waals surface area contributed by atoms with Crippen molar-refractivity contribution in [2.24, 2.45) is 10.8 Å². The van der Waals surface area contributed by atoms with E-state index < -0.39 is 34.2 Å². The maximum Gasteiger partial charge on any atom is 0.352 e. The first-order valence-electron chi connectivity index (χ1n) is 12.9. The Hall–Kier alpha value is -3.91. The first-order chi connectivity index (χ1) is 18.4. The first kappa shape index (κ1) is 25.4. The molecule has 1 saturated carbocycles. The minimum Gasteiger partial charge on any atom is -0.508 e. The Balaban J connectivity index is 1.66. The van der Waals surface area contributed by atoms with Crippen LogP contribution in [0.2, 0.25) is 5.02 Å². The fraction of sp³-hybridized carbons (Fsp3) is 0.333. The fourth-order valence-electron chi connectivity index (χ4n) is 7.09. The molecule has 39 heavy (non-hydrogen) atoms. The van der Waals surface area contributed by atoms with Crippen molar-refractivity contribution >= 4 is 23.2 Å². The van der Waals surface area contributed by atoms with Crippen LogP contribution in [0.1, 0.15) is 51.6 Å². The lowest BCUT2D eigenvalue weighted by atomic mass is 9.43. The lowest BCUT2D eigenvalue weighted by molar-refractivity contribution is -0.151. The van der Waals surface area contributed by atoms with Gasteiger partial charge in [-0.2, -0.15) is 0 Å². The molecule has 2 aliphatic carbocycles. The van der Waals surface area contributed by atoms with E-state index in [1.807, 2.05) is 13.0 Å². The molecule has 0 amide bonds. The van der Waals surface area contributed by atoms with Crippen LogP contribution in [-0.4, -0.2) is 30.6 Å². The fourth-order valence-corrected chi connectivity index (χ4v) is 7.37. The van der Waals surface area contributed by atoms with Crippen LogP contribution in [0.4, 0.5) is 0 Å². The molecule has 0 spiro atoms. The molecule has 0 unspecified atom stereocenters. The summed E-state index contributed by atoms with van der Waals surface area (Å²) in [6.45, 7) is 7.07. The predicted molar refractivity (Wildman–Crippen MR) is 146 cm³/mol. The summed E-state index contributed by atoms with van der Waals surface area (Å²) in [5, 5.41) is 10.3. The predicted octanol–water partition coefficient (Wildman–Crippen LogP) is 4.33. The lowest BCUT2D eigenvalue weighted by Gasteiger charge is -2.58. The van der Waals surface area contributed by atoms with E-state index in [9.17, 15) is 24.3 Å². The number of ketones is 2. The minimum absolute atomic E-state index is 0.0235. The van der Waals surface area contributed by atoms with Gasteiger partial charge in [0.2, 0.25) is 0 Å². The highest BCUT2D eigenvalue weighted by molar-refractivity contribution is 6.31.